The first kappa shape index (κ1) is 16.1. The van der Waals surface area contributed by atoms with E-state index in [1.54, 1.807) is 23.2 Å². The summed E-state index contributed by atoms with van der Waals surface area (Å²) in [4.78, 5) is 23.8. The van der Waals surface area contributed by atoms with E-state index >= 15 is 0 Å². The normalized spacial score (nSPS) is 20.0. The maximum absolute atomic E-state index is 12.2. The topological polar surface area (TPSA) is 87.2 Å². The Morgan fingerprint density at radius 2 is 1.79 bits per heavy atom. The molecule has 1 aliphatic heterocycles. The Balaban J connectivity index is 2.42. The van der Waals surface area contributed by atoms with Crippen molar-refractivity contribution in [3.8, 4) is 0 Å². The maximum atomic E-state index is 12.2. The summed E-state index contributed by atoms with van der Waals surface area (Å²) in [6.07, 6.45) is -0.130. The summed E-state index contributed by atoms with van der Waals surface area (Å²) in [6.45, 7) is 5.68. The van der Waals surface area contributed by atoms with Crippen molar-refractivity contribution >= 4 is 19.4 Å². The molecule has 7 nitrogen and oxygen atoms in total. The molecule has 0 bridgehead atoms. The van der Waals surface area contributed by atoms with Gasteiger partial charge in [-0.25, -0.2) is 4.67 Å². The molecule has 0 spiro atoms. The van der Waals surface area contributed by atoms with Gasteiger partial charge in [0.05, 0.1) is 13.0 Å². The van der Waals surface area contributed by atoms with Crippen LogP contribution in [0.5, 0.6) is 0 Å². The summed E-state index contributed by atoms with van der Waals surface area (Å²) in [5.41, 5.74) is 0. The molecule has 1 atom stereocenters. The Labute approximate surface area is 113 Å². The SMILES string of the molecule is CCOP(C)(=O)N1CCN(C(=O)CCC(=O)O)CC1. The molecule has 0 aromatic carbocycles. The van der Waals surface area contributed by atoms with Crippen molar-refractivity contribution in [3.05, 3.63) is 0 Å². The summed E-state index contributed by atoms with van der Waals surface area (Å²) < 4.78 is 19.2. The third-order valence-electron chi connectivity index (χ3n) is 3.04. The van der Waals surface area contributed by atoms with E-state index in [0.717, 1.165) is 0 Å². The van der Waals surface area contributed by atoms with Crippen molar-refractivity contribution < 1.29 is 23.8 Å². The van der Waals surface area contributed by atoms with E-state index in [4.69, 9.17) is 9.63 Å². The van der Waals surface area contributed by atoms with Gasteiger partial charge in [0.15, 0.2) is 0 Å². The Bertz CT molecular complexity index is 379. The Morgan fingerprint density at radius 3 is 2.26 bits per heavy atom. The zero-order valence-electron chi connectivity index (χ0n) is 11.4. The lowest BCUT2D eigenvalue weighted by Crippen LogP contribution is -2.47. The largest absolute Gasteiger partial charge is 0.481 e. The highest BCUT2D eigenvalue weighted by Crippen LogP contribution is 2.46. The van der Waals surface area contributed by atoms with Gasteiger partial charge in [0.1, 0.15) is 0 Å². The fourth-order valence-electron chi connectivity index (χ4n) is 2.00. The number of carboxylic acid groups (broad SMARTS) is 1. The third kappa shape index (κ3) is 4.93. The molecular weight excluding hydrogens is 271 g/mol. The molecule has 0 aromatic rings. The molecule has 0 aromatic heterocycles. The van der Waals surface area contributed by atoms with E-state index in [2.05, 4.69) is 0 Å². The van der Waals surface area contributed by atoms with Crippen molar-refractivity contribution in [1.29, 1.82) is 0 Å². The van der Waals surface area contributed by atoms with Crippen LogP contribution in [-0.4, -0.2) is 66.0 Å². The predicted molar refractivity (Wildman–Crippen MR) is 70.2 cm³/mol. The van der Waals surface area contributed by atoms with Gasteiger partial charge < -0.3 is 14.5 Å². The summed E-state index contributed by atoms with van der Waals surface area (Å²) in [5, 5.41) is 8.54. The Morgan fingerprint density at radius 1 is 1.21 bits per heavy atom. The van der Waals surface area contributed by atoms with E-state index in [-0.39, 0.29) is 18.7 Å². The van der Waals surface area contributed by atoms with Crippen LogP contribution in [-0.2, 0) is 18.7 Å². The summed E-state index contributed by atoms with van der Waals surface area (Å²) >= 11 is 0. The fourth-order valence-corrected chi connectivity index (χ4v) is 3.55. The van der Waals surface area contributed by atoms with Gasteiger partial charge in [-0.2, -0.15) is 0 Å². The molecule has 110 valence electrons. The number of amides is 1. The standard InChI is InChI=1S/C11H21N2O5P/c1-3-18-19(2,17)13-8-6-12(7-9-13)10(14)4-5-11(15)16/h3-9H2,1-2H3,(H,15,16). The van der Waals surface area contributed by atoms with E-state index in [1.165, 1.54) is 0 Å². The molecule has 1 fully saturated rings. The minimum atomic E-state index is -2.75. The summed E-state index contributed by atoms with van der Waals surface area (Å²) in [7, 11) is -2.75. The lowest BCUT2D eigenvalue weighted by Gasteiger charge is -2.37. The van der Waals surface area contributed by atoms with Crippen LogP contribution in [0.2, 0.25) is 0 Å². The van der Waals surface area contributed by atoms with Gasteiger partial charge in [-0.05, 0) is 6.92 Å². The molecule has 1 aliphatic rings. The average Bonchev–Trinajstić information content (AvgIpc) is 2.36. The van der Waals surface area contributed by atoms with Crippen molar-refractivity contribution in [1.82, 2.24) is 9.57 Å². The molecule has 0 aliphatic carbocycles. The third-order valence-corrected chi connectivity index (χ3v) is 5.21. The van der Waals surface area contributed by atoms with Gasteiger partial charge in [0.2, 0.25) is 5.91 Å². The number of nitrogens with zero attached hydrogens (tertiary/aromatic N) is 2. The predicted octanol–water partition coefficient (Wildman–Crippen LogP) is 0.855. The molecule has 0 saturated carbocycles. The number of aliphatic carboxylic acids is 1. The molecule has 0 radical (unpaired) electrons. The Kier molecular flexibility index (Phi) is 5.97. The minimum Gasteiger partial charge on any atom is -0.481 e. The van der Waals surface area contributed by atoms with E-state index in [0.29, 0.717) is 32.8 Å². The highest BCUT2D eigenvalue weighted by atomic mass is 31.2. The average molecular weight is 292 g/mol. The number of rotatable bonds is 6. The van der Waals surface area contributed by atoms with Crippen molar-refractivity contribution in [2.75, 3.05) is 39.5 Å². The summed E-state index contributed by atoms with van der Waals surface area (Å²) in [6, 6.07) is 0. The van der Waals surface area contributed by atoms with Crippen LogP contribution in [0.25, 0.3) is 0 Å². The second-order valence-corrected chi connectivity index (χ2v) is 6.88. The second kappa shape index (κ2) is 7.03. The molecular formula is C11H21N2O5P. The van der Waals surface area contributed by atoms with E-state index < -0.39 is 13.5 Å². The molecule has 8 heteroatoms. The first-order valence-electron chi connectivity index (χ1n) is 6.34. The van der Waals surface area contributed by atoms with E-state index in [1.807, 2.05) is 0 Å². The molecule has 1 rings (SSSR count). The molecule has 1 N–H and O–H groups in total. The Hall–Kier alpha value is -0.910. The zero-order chi connectivity index (χ0) is 14.5. The van der Waals surface area contributed by atoms with Crippen molar-refractivity contribution in [2.24, 2.45) is 0 Å². The van der Waals surface area contributed by atoms with Gasteiger partial charge in [-0.15, -0.1) is 0 Å². The summed E-state index contributed by atoms with van der Waals surface area (Å²) in [5.74, 6) is -1.13. The van der Waals surface area contributed by atoms with Gasteiger partial charge in [-0.3, -0.25) is 14.2 Å². The molecule has 1 unspecified atom stereocenters. The number of hydrogen-bond donors (Lipinski definition) is 1. The molecule has 1 amide bonds. The first-order chi connectivity index (χ1) is 8.86. The van der Waals surface area contributed by atoms with Crippen LogP contribution in [0.15, 0.2) is 0 Å². The molecule has 19 heavy (non-hydrogen) atoms. The van der Waals surface area contributed by atoms with Crippen LogP contribution >= 0.6 is 7.52 Å². The van der Waals surface area contributed by atoms with Gasteiger partial charge >= 0.3 is 5.97 Å². The fraction of sp³-hybridized carbons (Fsp3) is 0.818. The molecule has 1 heterocycles. The van der Waals surface area contributed by atoms with Gasteiger partial charge in [0.25, 0.3) is 7.52 Å². The number of carbonyl (C=O) groups is 2. The van der Waals surface area contributed by atoms with Crippen LogP contribution in [0.1, 0.15) is 19.8 Å². The lowest BCUT2D eigenvalue weighted by molar-refractivity contribution is -0.141. The van der Waals surface area contributed by atoms with Crippen LogP contribution in [0.4, 0.5) is 0 Å². The smallest absolute Gasteiger partial charge is 0.303 e. The molecule has 1 saturated heterocycles. The minimum absolute atomic E-state index is 0.0184. The first-order valence-corrected chi connectivity index (χ1v) is 8.36. The maximum Gasteiger partial charge on any atom is 0.303 e. The number of piperazine rings is 1. The van der Waals surface area contributed by atoms with Crippen molar-refractivity contribution in [3.63, 3.8) is 0 Å². The highest BCUT2D eigenvalue weighted by molar-refractivity contribution is 7.55. The van der Waals surface area contributed by atoms with Crippen LogP contribution in [0.3, 0.4) is 0 Å². The lowest BCUT2D eigenvalue weighted by atomic mass is 10.2. The van der Waals surface area contributed by atoms with Gasteiger partial charge in [-0.1, -0.05) is 0 Å². The van der Waals surface area contributed by atoms with Crippen molar-refractivity contribution in [2.45, 2.75) is 19.8 Å². The number of carbonyl (C=O) groups excluding carboxylic acids is 1. The van der Waals surface area contributed by atoms with Gasteiger partial charge in [0, 0.05) is 39.3 Å². The van der Waals surface area contributed by atoms with Crippen LogP contribution < -0.4 is 0 Å². The quantitative estimate of drug-likeness (QED) is 0.730. The highest BCUT2D eigenvalue weighted by Gasteiger charge is 2.30. The number of hydrogen-bond acceptors (Lipinski definition) is 4. The number of carboxylic acids is 1. The van der Waals surface area contributed by atoms with Crippen LogP contribution in [0, 0.1) is 0 Å². The monoisotopic (exact) mass is 292 g/mol. The second-order valence-electron chi connectivity index (χ2n) is 4.45. The van der Waals surface area contributed by atoms with E-state index in [9.17, 15) is 14.2 Å². The zero-order valence-corrected chi connectivity index (χ0v) is 12.3.